The van der Waals surface area contributed by atoms with Crippen molar-refractivity contribution in [2.75, 3.05) is 27.2 Å². The van der Waals surface area contributed by atoms with E-state index in [1.807, 2.05) is 12.3 Å². The maximum Gasteiger partial charge on any atom is 0.0416 e. The Hall–Kier alpha value is -0.930. The predicted octanol–water partition coefficient (Wildman–Crippen LogP) is 2.72. The van der Waals surface area contributed by atoms with Crippen LogP contribution in [0.4, 0.5) is 0 Å². The van der Waals surface area contributed by atoms with Gasteiger partial charge in [-0.1, -0.05) is 25.3 Å². The summed E-state index contributed by atoms with van der Waals surface area (Å²) in [6, 6.07) is 6.88. The third-order valence-electron chi connectivity index (χ3n) is 4.55. The normalized spacial score (nSPS) is 23.8. The van der Waals surface area contributed by atoms with Gasteiger partial charge < -0.3 is 10.2 Å². The summed E-state index contributed by atoms with van der Waals surface area (Å²) in [5.74, 6) is 0.802. The third kappa shape index (κ3) is 4.88. The van der Waals surface area contributed by atoms with Crippen LogP contribution in [0.5, 0.6) is 0 Å². The third-order valence-corrected chi connectivity index (χ3v) is 4.55. The Balaban J connectivity index is 1.78. The zero-order chi connectivity index (χ0) is 14.2. The topological polar surface area (TPSA) is 28.2 Å². The van der Waals surface area contributed by atoms with Gasteiger partial charge in [0, 0.05) is 37.4 Å². The molecule has 2 rings (SSSR count). The van der Waals surface area contributed by atoms with Crippen LogP contribution < -0.4 is 5.32 Å². The molecule has 112 valence electrons. The van der Waals surface area contributed by atoms with E-state index in [4.69, 9.17) is 0 Å². The molecule has 1 saturated carbocycles. The average molecular weight is 275 g/mol. The van der Waals surface area contributed by atoms with Gasteiger partial charge in [0.15, 0.2) is 0 Å². The predicted molar refractivity (Wildman–Crippen MR) is 84.9 cm³/mol. The Morgan fingerprint density at radius 2 is 2.10 bits per heavy atom. The lowest BCUT2D eigenvalue weighted by molar-refractivity contribution is 0.230. The minimum absolute atomic E-state index is 0.704. The number of hydrogen-bond donors (Lipinski definition) is 1. The van der Waals surface area contributed by atoms with E-state index in [0.717, 1.165) is 18.9 Å². The molecule has 1 N–H and O–H groups in total. The van der Waals surface area contributed by atoms with E-state index in [9.17, 15) is 0 Å². The minimum atomic E-state index is 0.704. The largest absolute Gasteiger partial charge is 0.317 e. The summed E-state index contributed by atoms with van der Waals surface area (Å²) in [6.45, 7) is 2.31. The number of pyridine rings is 1. The van der Waals surface area contributed by atoms with Crippen LogP contribution >= 0.6 is 0 Å². The van der Waals surface area contributed by atoms with Crippen molar-refractivity contribution < 1.29 is 0 Å². The molecule has 0 amide bonds. The lowest BCUT2D eigenvalue weighted by Gasteiger charge is -2.29. The Bertz CT molecular complexity index is 366. The van der Waals surface area contributed by atoms with Gasteiger partial charge in [-0.2, -0.15) is 0 Å². The SMILES string of the molecule is CNC1CCCCCC1CN(C)CCc1ccccn1. The quantitative estimate of drug-likeness (QED) is 0.809. The van der Waals surface area contributed by atoms with E-state index < -0.39 is 0 Å². The molecule has 2 unspecified atom stereocenters. The van der Waals surface area contributed by atoms with Gasteiger partial charge >= 0.3 is 0 Å². The molecular formula is C17H29N3. The zero-order valence-corrected chi connectivity index (χ0v) is 13.0. The first-order chi connectivity index (χ1) is 9.79. The fourth-order valence-electron chi connectivity index (χ4n) is 3.33. The monoisotopic (exact) mass is 275 g/mol. The highest BCUT2D eigenvalue weighted by molar-refractivity contribution is 5.03. The molecule has 3 nitrogen and oxygen atoms in total. The number of nitrogens with one attached hydrogen (secondary N) is 1. The molecule has 3 heteroatoms. The van der Waals surface area contributed by atoms with Crippen molar-refractivity contribution in [3.8, 4) is 0 Å². The highest BCUT2D eigenvalue weighted by Crippen LogP contribution is 2.24. The van der Waals surface area contributed by atoms with Crippen LogP contribution in [-0.2, 0) is 6.42 Å². The fourth-order valence-corrected chi connectivity index (χ4v) is 3.33. The summed E-state index contributed by atoms with van der Waals surface area (Å²) < 4.78 is 0. The standard InChI is InChI=1S/C17H29N3/c1-18-17-10-5-3-4-8-15(17)14-20(2)13-11-16-9-6-7-12-19-16/h6-7,9,12,15,17-18H,3-5,8,10-11,13-14H2,1-2H3. The van der Waals surface area contributed by atoms with Crippen molar-refractivity contribution >= 4 is 0 Å². The molecule has 0 aliphatic heterocycles. The van der Waals surface area contributed by atoms with Crippen LogP contribution in [0.2, 0.25) is 0 Å². The van der Waals surface area contributed by atoms with Crippen LogP contribution in [0.3, 0.4) is 0 Å². The minimum Gasteiger partial charge on any atom is -0.317 e. The molecule has 0 radical (unpaired) electrons. The molecule has 20 heavy (non-hydrogen) atoms. The second-order valence-corrected chi connectivity index (χ2v) is 6.13. The summed E-state index contributed by atoms with van der Waals surface area (Å²) in [4.78, 5) is 6.89. The maximum absolute atomic E-state index is 4.40. The van der Waals surface area contributed by atoms with Gasteiger partial charge in [0.25, 0.3) is 0 Å². The van der Waals surface area contributed by atoms with Crippen molar-refractivity contribution in [2.45, 2.75) is 44.6 Å². The average Bonchev–Trinajstić information content (AvgIpc) is 2.71. The summed E-state index contributed by atoms with van der Waals surface area (Å²) in [6.07, 6.45) is 9.85. The van der Waals surface area contributed by atoms with Crippen molar-refractivity contribution in [3.05, 3.63) is 30.1 Å². The molecule has 0 bridgehead atoms. The summed E-state index contributed by atoms with van der Waals surface area (Å²) in [5, 5.41) is 3.53. The van der Waals surface area contributed by atoms with Crippen LogP contribution in [0.15, 0.2) is 24.4 Å². The second kappa shape index (κ2) is 8.38. The Morgan fingerprint density at radius 1 is 1.25 bits per heavy atom. The molecule has 0 aromatic carbocycles. The summed E-state index contributed by atoms with van der Waals surface area (Å²) in [7, 11) is 4.37. The van der Waals surface area contributed by atoms with Crippen molar-refractivity contribution in [1.82, 2.24) is 15.2 Å². The molecule has 0 spiro atoms. The number of rotatable bonds is 6. The molecule has 1 aromatic heterocycles. The molecule has 1 aromatic rings. The molecule has 1 aliphatic rings. The van der Waals surface area contributed by atoms with Gasteiger partial charge in [0.1, 0.15) is 0 Å². The van der Waals surface area contributed by atoms with Crippen LogP contribution in [-0.4, -0.2) is 43.1 Å². The maximum atomic E-state index is 4.40. The number of hydrogen-bond acceptors (Lipinski definition) is 3. The Morgan fingerprint density at radius 3 is 2.85 bits per heavy atom. The van der Waals surface area contributed by atoms with Gasteiger partial charge in [-0.15, -0.1) is 0 Å². The molecule has 1 heterocycles. The van der Waals surface area contributed by atoms with E-state index >= 15 is 0 Å². The number of likely N-dealkylation sites (N-methyl/N-ethyl adjacent to an activating group) is 1. The molecule has 0 saturated heterocycles. The Labute approximate surface area is 123 Å². The van der Waals surface area contributed by atoms with Crippen LogP contribution in [0, 0.1) is 5.92 Å². The smallest absolute Gasteiger partial charge is 0.0416 e. The van der Waals surface area contributed by atoms with E-state index in [-0.39, 0.29) is 0 Å². The highest BCUT2D eigenvalue weighted by atomic mass is 15.1. The fraction of sp³-hybridized carbons (Fsp3) is 0.706. The first-order valence-corrected chi connectivity index (χ1v) is 8.05. The highest BCUT2D eigenvalue weighted by Gasteiger charge is 2.23. The van der Waals surface area contributed by atoms with Crippen molar-refractivity contribution in [2.24, 2.45) is 5.92 Å². The van der Waals surface area contributed by atoms with E-state index in [1.165, 1.54) is 44.3 Å². The molecular weight excluding hydrogens is 246 g/mol. The molecule has 1 aliphatic carbocycles. The van der Waals surface area contributed by atoms with Crippen molar-refractivity contribution in [3.63, 3.8) is 0 Å². The number of aromatic nitrogens is 1. The van der Waals surface area contributed by atoms with Gasteiger partial charge in [-0.3, -0.25) is 4.98 Å². The van der Waals surface area contributed by atoms with Gasteiger partial charge in [0.2, 0.25) is 0 Å². The van der Waals surface area contributed by atoms with Gasteiger partial charge in [0.05, 0.1) is 0 Å². The molecule has 1 fully saturated rings. The van der Waals surface area contributed by atoms with Crippen LogP contribution in [0.25, 0.3) is 0 Å². The summed E-state index contributed by atoms with van der Waals surface area (Å²) >= 11 is 0. The second-order valence-electron chi connectivity index (χ2n) is 6.13. The first-order valence-electron chi connectivity index (χ1n) is 8.05. The van der Waals surface area contributed by atoms with E-state index in [2.05, 4.69) is 41.4 Å². The first kappa shape index (κ1) is 15.5. The zero-order valence-electron chi connectivity index (χ0n) is 13.0. The lowest BCUT2D eigenvalue weighted by atomic mass is 9.94. The summed E-state index contributed by atoms with van der Waals surface area (Å²) in [5.41, 5.74) is 1.20. The lowest BCUT2D eigenvalue weighted by Crippen LogP contribution is -2.39. The number of nitrogens with zero attached hydrogens (tertiary/aromatic N) is 2. The van der Waals surface area contributed by atoms with Gasteiger partial charge in [-0.25, -0.2) is 0 Å². The van der Waals surface area contributed by atoms with Crippen molar-refractivity contribution in [1.29, 1.82) is 0 Å². The van der Waals surface area contributed by atoms with Crippen LogP contribution in [0.1, 0.15) is 37.8 Å². The Kier molecular flexibility index (Phi) is 6.48. The van der Waals surface area contributed by atoms with Gasteiger partial charge in [-0.05, 0) is 45.0 Å². The van der Waals surface area contributed by atoms with E-state index in [0.29, 0.717) is 6.04 Å². The van der Waals surface area contributed by atoms with E-state index in [1.54, 1.807) is 0 Å². The molecule has 2 atom stereocenters.